The molecule has 2 N–H and O–H groups in total. The molecule has 0 aromatic carbocycles. The molecule has 13 heavy (non-hydrogen) atoms. The Bertz CT molecular complexity index is 165. The zero-order chi connectivity index (χ0) is 10.1. The molecule has 0 bridgehead atoms. The van der Waals surface area contributed by atoms with E-state index >= 15 is 0 Å². The van der Waals surface area contributed by atoms with Gasteiger partial charge < -0.3 is 0 Å². The third kappa shape index (κ3) is 7.46. The van der Waals surface area contributed by atoms with E-state index < -0.39 is 0 Å². The van der Waals surface area contributed by atoms with Crippen molar-refractivity contribution in [2.45, 2.75) is 39.2 Å². The van der Waals surface area contributed by atoms with E-state index in [0.29, 0.717) is 0 Å². The van der Waals surface area contributed by atoms with Crippen LogP contribution in [0.4, 0.5) is 0 Å². The van der Waals surface area contributed by atoms with Crippen LogP contribution in [0.5, 0.6) is 0 Å². The molecule has 0 rings (SSSR count). The summed E-state index contributed by atoms with van der Waals surface area (Å²) in [4.78, 5) is 0. The van der Waals surface area contributed by atoms with Gasteiger partial charge in [0.2, 0.25) is 0 Å². The van der Waals surface area contributed by atoms with Gasteiger partial charge in [0, 0.05) is 7.05 Å². The van der Waals surface area contributed by atoms with Gasteiger partial charge in [-0.15, -0.1) is 0 Å². The standard InChI is InChI=1S/C9H20N4/c1-5-6-8(2)7-9(3)11-13-12-10-4/h9H,2,5-7H2,1,3-4H3,(H,10,13)(H,11,12). The van der Waals surface area contributed by atoms with Crippen molar-refractivity contribution in [2.24, 2.45) is 10.3 Å². The normalized spacial score (nSPS) is 13.2. The highest BCUT2D eigenvalue weighted by Crippen LogP contribution is 2.11. The summed E-state index contributed by atoms with van der Waals surface area (Å²) in [6.07, 6.45) is 3.15. The lowest BCUT2D eigenvalue weighted by molar-refractivity contribution is 0.550. The fourth-order valence-electron chi connectivity index (χ4n) is 1.09. The Hall–Kier alpha value is -0.900. The van der Waals surface area contributed by atoms with Gasteiger partial charge in [0.1, 0.15) is 0 Å². The maximum absolute atomic E-state index is 4.03. The summed E-state index contributed by atoms with van der Waals surface area (Å²) >= 11 is 0. The Balaban J connectivity index is 3.60. The molecule has 0 aliphatic carbocycles. The van der Waals surface area contributed by atoms with Crippen molar-refractivity contribution >= 4 is 0 Å². The first-order valence-electron chi connectivity index (χ1n) is 4.69. The minimum absolute atomic E-state index is 0.208. The number of nitrogens with one attached hydrogen (secondary N) is 2. The van der Waals surface area contributed by atoms with Crippen LogP contribution >= 0.6 is 0 Å². The van der Waals surface area contributed by atoms with Gasteiger partial charge in [-0.05, 0) is 19.8 Å². The molecule has 0 aromatic heterocycles. The van der Waals surface area contributed by atoms with Crippen LogP contribution < -0.4 is 11.0 Å². The lowest BCUT2D eigenvalue weighted by Crippen LogP contribution is -2.21. The first-order chi connectivity index (χ1) is 6.20. The molecular weight excluding hydrogens is 164 g/mol. The van der Waals surface area contributed by atoms with Crippen molar-refractivity contribution in [1.82, 2.24) is 11.0 Å². The lowest BCUT2D eigenvalue weighted by Gasteiger charge is -2.06. The second-order valence-corrected chi connectivity index (χ2v) is 3.13. The molecule has 0 saturated carbocycles. The smallest absolute Gasteiger partial charge is 0.0738 e. The van der Waals surface area contributed by atoms with E-state index in [2.05, 4.69) is 34.8 Å². The van der Waals surface area contributed by atoms with Crippen LogP contribution in [-0.2, 0) is 0 Å². The van der Waals surface area contributed by atoms with E-state index in [9.17, 15) is 0 Å². The number of rotatable bonds is 7. The molecule has 4 nitrogen and oxygen atoms in total. The molecule has 0 aromatic rings. The quantitative estimate of drug-likeness (QED) is 0.362. The Labute approximate surface area is 80.5 Å². The van der Waals surface area contributed by atoms with Gasteiger partial charge in [-0.2, -0.15) is 5.11 Å². The molecular formula is C9H20N4. The Morgan fingerprint density at radius 1 is 1.54 bits per heavy atom. The average Bonchev–Trinajstić information content (AvgIpc) is 2.05. The monoisotopic (exact) mass is 184 g/mol. The molecule has 76 valence electrons. The Morgan fingerprint density at radius 2 is 2.23 bits per heavy atom. The fourth-order valence-corrected chi connectivity index (χ4v) is 1.09. The molecule has 4 heteroatoms. The predicted molar refractivity (Wildman–Crippen MR) is 55.2 cm³/mol. The fraction of sp³-hybridized carbons (Fsp3) is 0.778. The van der Waals surface area contributed by atoms with E-state index in [1.54, 1.807) is 7.05 Å². The maximum atomic E-state index is 4.03. The van der Waals surface area contributed by atoms with Gasteiger partial charge in [0.15, 0.2) is 0 Å². The third-order valence-electron chi connectivity index (χ3n) is 1.60. The van der Waals surface area contributed by atoms with Crippen LogP contribution in [0.3, 0.4) is 0 Å². The minimum atomic E-state index is 0.208. The number of hydrazine groups is 1. The van der Waals surface area contributed by atoms with Crippen molar-refractivity contribution in [3.63, 3.8) is 0 Å². The average molecular weight is 184 g/mol. The second-order valence-electron chi connectivity index (χ2n) is 3.13. The Morgan fingerprint density at radius 3 is 2.77 bits per heavy atom. The molecule has 1 atom stereocenters. The van der Waals surface area contributed by atoms with Crippen LogP contribution in [-0.4, -0.2) is 13.1 Å². The second kappa shape index (κ2) is 7.73. The molecule has 0 aliphatic rings. The van der Waals surface area contributed by atoms with Gasteiger partial charge in [0.05, 0.1) is 6.04 Å². The van der Waals surface area contributed by atoms with Crippen molar-refractivity contribution in [3.05, 3.63) is 12.2 Å². The van der Waals surface area contributed by atoms with Crippen molar-refractivity contribution in [3.8, 4) is 0 Å². The zero-order valence-corrected chi connectivity index (χ0v) is 8.80. The first kappa shape index (κ1) is 12.1. The molecule has 1 unspecified atom stereocenters. The van der Waals surface area contributed by atoms with E-state index in [1.165, 1.54) is 5.57 Å². The zero-order valence-electron chi connectivity index (χ0n) is 8.80. The van der Waals surface area contributed by atoms with E-state index in [-0.39, 0.29) is 6.04 Å². The van der Waals surface area contributed by atoms with Crippen LogP contribution in [0.15, 0.2) is 22.5 Å². The van der Waals surface area contributed by atoms with Crippen LogP contribution in [0.2, 0.25) is 0 Å². The highest BCUT2D eigenvalue weighted by Gasteiger charge is 2.01. The summed E-state index contributed by atoms with van der Waals surface area (Å²) in [5.41, 5.74) is 6.48. The first-order valence-corrected chi connectivity index (χ1v) is 4.69. The summed E-state index contributed by atoms with van der Waals surface area (Å²) in [6, 6.07) is 0.208. The molecule has 0 fully saturated rings. The number of hydrogen-bond donors (Lipinski definition) is 2. The summed E-state index contributed by atoms with van der Waals surface area (Å²) < 4.78 is 0. The van der Waals surface area contributed by atoms with Crippen LogP contribution in [0.1, 0.15) is 33.1 Å². The van der Waals surface area contributed by atoms with E-state index in [0.717, 1.165) is 19.3 Å². The molecule has 0 heterocycles. The third-order valence-corrected chi connectivity index (χ3v) is 1.60. The highest BCUT2D eigenvalue weighted by atomic mass is 15.6. The highest BCUT2D eigenvalue weighted by molar-refractivity contribution is 4.96. The SMILES string of the molecule is C=C(CCC)CC(C)/N=N\NNC. The topological polar surface area (TPSA) is 48.8 Å². The van der Waals surface area contributed by atoms with Crippen molar-refractivity contribution in [1.29, 1.82) is 0 Å². The minimum Gasteiger partial charge on any atom is -0.225 e. The molecule has 0 aliphatic heterocycles. The van der Waals surface area contributed by atoms with Gasteiger partial charge in [-0.3, -0.25) is 0 Å². The van der Waals surface area contributed by atoms with Crippen molar-refractivity contribution < 1.29 is 0 Å². The van der Waals surface area contributed by atoms with E-state index in [1.807, 2.05) is 6.92 Å². The molecule has 0 spiro atoms. The van der Waals surface area contributed by atoms with Crippen LogP contribution in [0, 0.1) is 0 Å². The van der Waals surface area contributed by atoms with Gasteiger partial charge >= 0.3 is 0 Å². The summed E-state index contributed by atoms with van der Waals surface area (Å²) in [7, 11) is 1.75. The number of hydrogen-bond acceptors (Lipinski definition) is 3. The maximum Gasteiger partial charge on any atom is 0.0738 e. The number of nitrogens with zero attached hydrogens (tertiary/aromatic N) is 2. The van der Waals surface area contributed by atoms with Crippen LogP contribution in [0.25, 0.3) is 0 Å². The molecule has 0 amide bonds. The predicted octanol–water partition coefficient (Wildman–Crippen LogP) is 2.21. The summed E-state index contributed by atoms with van der Waals surface area (Å²) in [5.74, 6) is 0. The summed E-state index contributed by atoms with van der Waals surface area (Å²) in [6.45, 7) is 8.16. The van der Waals surface area contributed by atoms with Gasteiger partial charge in [-0.25, -0.2) is 11.0 Å². The largest absolute Gasteiger partial charge is 0.225 e. The molecule has 0 radical (unpaired) electrons. The van der Waals surface area contributed by atoms with E-state index in [4.69, 9.17) is 0 Å². The lowest BCUT2D eigenvalue weighted by atomic mass is 10.1. The molecule has 0 saturated heterocycles. The van der Waals surface area contributed by atoms with Gasteiger partial charge in [0.25, 0.3) is 0 Å². The van der Waals surface area contributed by atoms with Gasteiger partial charge in [-0.1, -0.05) is 30.7 Å². The van der Waals surface area contributed by atoms with Crippen molar-refractivity contribution in [2.75, 3.05) is 7.05 Å². The summed E-state index contributed by atoms with van der Waals surface area (Å²) in [5, 5.41) is 7.75. The Kier molecular flexibility index (Phi) is 7.20.